The second-order valence-electron chi connectivity index (χ2n) is 9.91. The maximum Gasteiger partial charge on any atom is 0.469 e. The molecule has 0 unspecified atom stereocenters. The summed E-state index contributed by atoms with van der Waals surface area (Å²) < 4.78 is 27.2. The Morgan fingerprint density at radius 3 is 1.89 bits per heavy atom. The van der Waals surface area contributed by atoms with Crippen molar-refractivity contribution in [2.75, 3.05) is 19.8 Å². The van der Waals surface area contributed by atoms with Gasteiger partial charge in [0, 0.05) is 6.61 Å². The Hall–Kier alpha value is -1.26. The standard InChI is InChI=1S/C29H50NO6P/c1-2-3-4-5-6-7-8-9-10-11-12-13-14-15-16-17-21-34-25-29(26-36-37(31,32)33)35-24-28-20-18-19-27(22-28)23-30/h18-20,22,29H,2-17,21,24-26H2,1H3,(H2,31,32,33)/t29-/m1/s1. The van der Waals surface area contributed by atoms with E-state index in [1.165, 1.54) is 89.9 Å². The smallest absolute Gasteiger partial charge is 0.379 e. The zero-order valence-electron chi connectivity index (χ0n) is 23.0. The summed E-state index contributed by atoms with van der Waals surface area (Å²) in [5, 5.41) is 9.02. The molecule has 1 atom stereocenters. The molecule has 2 N–H and O–H groups in total. The molecule has 8 heteroatoms. The molecule has 7 nitrogen and oxygen atoms in total. The summed E-state index contributed by atoms with van der Waals surface area (Å²) in [5.74, 6) is 0. The van der Waals surface area contributed by atoms with Crippen molar-refractivity contribution >= 4 is 7.82 Å². The van der Waals surface area contributed by atoms with Gasteiger partial charge in [-0.1, -0.05) is 115 Å². The Labute approximate surface area is 225 Å². The molecule has 212 valence electrons. The van der Waals surface area contributed by atoms with E-state index < -0.39 is 13.9 Å². The highest BCUT2D eigenvalue weighted by Crippen LogP contribution is 2.36. The molecule has 0 bridgehead atoms. The molecule has 0 radical (unpaired) electrons. The van der Waals surface area contributed by atoms with E-state index in [-0.39, 0.29) is 19.8 Å². The first kappa shape index (κ1) is 33.8. The zero-order chi connectivity index (χ0) is 27.0. The monoisotopic (exact) mass is 539 g/mol. The van der Waals surface area contributed by atoms with Crippen molar-refractivity contribution in [3.63, 3.8) is 0 Å². The molecule has 0 amide bonds. The van der Waals surface area contributed by atoms with Crippen molar-refractivity contribution in [2.45, 2.75) is 122 Å². The van der Waals surface area contributed by atoms with Gasteiger partial charge in [0.15, 0.2) is 0 Å². The maximum atomic E-state index is 11.1. The predicted molar refractivity (Wildman–Crippen MR) is 148 cm³/mol. The van der Waals surface area contributed by atoms with Crippen LogP contribution in [0.15, 0.2) is 24.3 Å². The van der Waals surface area contributed by atoms with E-state index in [2.05, 4.69) is 17.5 Å². The van der Waals surface area contributed by atoms with Gasteiger partial charge in [-0.2, -0.15) is 5.26 Å². The Balaban J connectivity index is 2.04. The molecule has 1 aromatic carbocycles. The zero-order valence-corrected chi connectivity index (χ0v) is 23.8. The topological polar surface area (TPSA) is 109 Å². The van der Waals surface area contributed by atoms with Crippen LogP contribution in [0.5, 0.6) is 0 Å². The van der Waals surface area contributed by atoms with E-state index in [0.717, 1.165) is 18.4 Å². The number of rotatable bonds is 25. The number of phosphoric acid groups is 1. The lowest BCUT2D eigenvalue weighted by molar-refractivity contribution is -0.0493. The molecule has 0 saturated heterocycles. The minimum absolute atomic E-state index is 0.191. The number of unbranched alkanes of at least 4 members (excludes halogenated alkanes) is 15. The molecule has 0 fully saturated rings. The Kier molecular flexibility index (Phi) is 20.7. The van der Waals surface area contributed by atoms with Crippen molar-refractivity contribution in [3.8, 4) is 6.07 Å². The molecule has 0 heterocycles. The number of ether oxygens (including phenoxy) is 2. The Morgan fingerprint density at radius 2 is 1.38 bits per heavy atom. The van der Waals surface area contributed by atoms with Crippen LogP contribution in [0.1, 0.15) is 121 Å². The lowest BCUT2D eigenvalue weighted by Crippen LogP contribution is -2.25. The second-order valence-corrected chi connectivity index (χ2v) is 11.1. The van der Waals surface area contributed by atoms with E-state index in [1.807, 2.05) is 6.07 Å². The average molecular weight is 540 g/mol. The second kappa shape index (κ2) is 22.7. The van der Waals surface area contributed by atoms with Gasteiger partial charge in [0.05, 0.1) is 31.5 Å². The van der Waals surface area contributed by atoms with E-state index >= 15 is 0 Å². The molecule has 0 aliphatic heterocycles. The molecular formula is C29H50NO6P. The summed E-state index contributed by atoms with van der Waals surface area (Å²) in [7, 11) is -4.58. The van der Waals surface area contributed by atoms with Gasteiger partial charge in [0.1, 0.15) is 6.10 Å². The largest absolute Gasteiger partial charge is 0.469 e. The van der Waals surface area contributed by atoms with Crippen LogP contribution in [0.25, 0.3) is 0 Å². The lowest BCUT2D eigenvalue weighted by atomic mass is 10.0. The van der Waals surface area contributed by atoms with Gasteiger partial charge in [-0.25, -0.2) is 4.57 Å². The van der Waals surface area contributed by atoms with Crippen molar-refractivity contribution in [1.29, 1.82) is 5.26 Å². The summed E-state index contributed by atoms with van der Waals surface area (Å²) >= 11 is 0. The van der Waals surface area contributed by atoms with Gasteiger partial charge >= 0.3 is 7.82 Å². The van der Waals surface area contributed by atoms with Gasteiger partial charge < -0.3 is 19.3 Å². The highest BCUT2D eigenvalue weighted by Gasteiger charge is 2.19. The van der Waals surface area contributed by atoms with Crippen LogP contribution < -0.4 is 0 Å². The van der Waals surface area contributed by atoms with Crippen LogP contribution in [0, 0.1) is 11.3 Å². The fourth-order valence-corrected chi connectivity index (χ4v) is 4.60. The summed E-state index contributed by atoms with van der Waals surface area (Å²) in [4.78, 5) is 18.0. The van der Waals surface area contributed by atoms with Crippen molar-refractivity contribution < 1.29 is 28.3 Å². The van der Waals surface area contributed by atoms with Gasteiger partial charge in [-0.05, 0) is 24.1 Å². The highest BCUT2D eigenvalue weighted by atomic mass is 31.2. The Morgan fingerprint density at radius 1 is 0.838 bits per heavy atom. The molecule has 1 aromatic rings. The fourth-order valence-electron chi connectivity index (χ4n) is 4.24. The Bertz CT molecular complexity index is 763. The fraction of sp³-hybridized carbons (Fsp3) is 0.759. The van der Waals surface area contributed by atoms with Crippen LogP contribution in [-0.4, -0.2) is 35.7 Å². The minimum atomic E-state index is -4.58. The molecule has 0 saturated carbocycles. The third-order valence-corrected chi connectivity index (χ3v) is 6.90. The molecule has 0 aliphatic carbocycles. The number of nitriles is 1. The third kappa shape index (κ3) is 21.4. The first-order chi connectivity index (χ1) is 17.9. The van der Waals surface area contributed by atoms with E-state index in [0.29, 0.717) is 12.2 Å². The molecule has 1 rings (SSSR count). The maximum absolute atomic E-state index is 11.1. The van der Waals surface area contributed by atoms with Crippen molar-refractivity contribution in [1.82, 2.24) is 0 Å². The normalized spacial score (nSPS) is 12.5. The summed E-state index contributed by atoms with van der Waals surface area (Å²) in [5.41, 5.74) is 1.34. The number of phosphoric ester groups is 1. The molecule has 0 spiro atoms. The molecular weight excluding hydrogens is 489 g/mol. The van der Waals surface area contributed by atoms with Gasteiger partial charge in [-0.3, -0.25) is 4.52 Å². The molecule has 0 aromatic heterocycles. The third-order valence-electron chi connectivity index (χ3n) is 6.42. The molecule has 37 heavy (non-hydrogen) atoms. The van der Waals surface area contributed by atoms with E-state index in [9.17, 15) is 4.57 Å². The van der Waals surface area contributed by atoms with Crippen LogP contribution in [0.2, 0.25) is 0 Å². The van der Waals surface area contributed by atoms with Crippen LogP contribution >= 0.6 is 7.82 Å². The van der Waals surface area contributed by atoms with Gasteiger partial charge in [0.2, 0.25) is 0 Å². The van der Waals surface area contributed by atoms with Gasteiger partial charge in [-0.15, -0.1) is 0 Å². The van der Waals surface area contributed by atoms with E-state index in [4.69, 9.17) is 24.5 Å². The SMILES string of the molecule is CCCCCCCCCCCCCCCCCCOC[C@H](COP(=O)(O)O)OCc1cccc(C#N)c1. The van der Waals surface area contributed by atoms with Gasteiger partial charge in [0.25, 0.3) is 0 Å². The first-order valence-electron chi connectivity index (χ1n) is 14.3. The quantitative estimate of drug-likeness (QED) is 0.0962. The molecule has 0 aliphatic rings. The van der Waals surface area contributed by atoms with Crippen LogP contribution in [0.3, 0.4) is 0 Å². The summed E-state index contributed by atoms with van der Waals surface area (Å²) in [6, 6.07) is 9.11. The van der Waals surface area contributed by atoms with Crippen molar-refractivity contribution in [3.05, 3.63) is 35.4 Å². The van der Waals surface area contributed by atoms with Crippen molar-refractivity contribution in [2.24, 2.45) is 0 Å². The number of hydrogen-bond acceptors (Lipinski definition) is 5. The summed E-state index contributed by atoms with van der Waals surface area (Å²) in [6.45, 7) is 2.98. The predicted octanol–water partition coefficient (Wildman–Crippen LogP) is 7.83. The van der Waals surface area contributed by atoms with E-state index in [1.54, 1.807) is 18.2 Å². The number of nitrogens with zero attached hydrogens (tertiary/aromatic N) is 1. The van der Waals surface area contributed by atoms with Crippen LogP contribution in [-0.2, 0) is 25.2 Å². The van der Waals surface area contributed by atoms with Crippen LogP contribution in [0.4, 0.5) is 0 Å². The lowest BCUT2D eigenvalue weighted by Gasteiger charge is -2.18. The number of hydrogen-bond donors (Lipinski definition) is 2. The summed E-state index contributed by atoms with van der Waals surface area (Å²) in [6.07, 6.45) is 20.5. The number of benzene rings is 1. The average Bonchev–Trinajstić information content (AvgIpc) is 2.88. The first-order valence-corrected chi connectivity index (χ1v) is 15.9. The minimum Gasteiger partial charge on any atom is -0.379 e. The highest BCUT2D eigenvalue weighted by molar-refractivity contribution is 7.46.